The highest BCUT2D eigenvalue weighted by Crippen LogP contribution is 2.26. The third-order valence-corrected chi connectivity index (χ3v) is 3.51. The molecule has 1 aromatic rings. The molecule has 0 aliphatic carbocycles. The summed E-state index contributed by atoms with van der Waals surface area (Å²) in [4.78, 5) is 22.3. The smallest absolute Gasteiger partial charge is 0.243 e. The molecule has 1 fully saturated rings. The summed E-state index contributed by atoms with van der Waals surface area (Å²) in [7, 11) is 0. The van der Waals surface area contributed by atoms with Gasteiger partial charge in [-0.2, -0.15) is 0 Å². The Hall–Kier alpha value is -1.53. The van der Waals surface area contributed by atoms with Gasteiger partial charge in [-0.15, -0.1) is 0 Å². The molecule has 0 radical (unpaired) electrons. The van der Waals surface area contributed by atoms with E-state index < -0.39 is 5.54 Å². The van der Waals surface area contributed by atoms with E-state index in [2.05, 4.69) is 20.2 Å². The number of primary amides is 1. The van der Waals surface area contributed by atoms with Crippen molar-refractivity contribution in [3.8, 4) is 0 Å². The predicted molar refractivity (Wildman–Crippen MR) is 67.6 cm³/mol. The van der Waals surface area contributed by atoms with Crippen LogP contribution >= 0.6 is 0 Å². The fraction of sp³-hybridized carbons (Fsp3) is 0.583. The first-order valence-electron chi connectivity index (χ1n) is 6.18. The van der Waals surface area contributed by atoms with Crippen LogP contribution in [0, 0.1) is 0 Å². The molecule has 1 atom stereocenters. The third kappa shape index (κ3) is 2.34. The van der Waals surface area contributed by atoms with Gasteiger partial charge in [-0.05, 0) is 19.9 Å². The fourth-order valence-corrected chi connectivity index (χ4v) is 2.29. The van der Waals surface area contributed by atoms with E-state index >= 15 is 0 Å². The van der Waals surface area contributed by atoms with Crippen LogP contribution < -0.4 is 11.1 Å². The molecular formula is C12H19N5O. The average molecular weight is 249 g/mol. The van der Waals surface area contributed by atoms with Crippen molar-refractivity contribution in [2.45, 2.75) is 18.9 Å². The molecule has 6 nitrogen and oxygen atoms in total. The van der Waals surface area contributed by atoms with Crippen molar-refractivity contribution < 1.29 is 4.79 Å². The van der Waals surface area contributed by atoms with E-state index in [1.165, 1.54) is 0 Å². The van der Waals surface area contributed by atoms with Gasteiger partial charge in [0.25, 0.3) is 0 Å². The van der Waals surface area contributed by atoms with Gasteiger partial charge in [0.1, 0.15) is 5.54 Å². The second-order valence-corrected chi connectivity index (χ2v) is 4.62. The van der Waals surface area contributed by atoms with Gasteiger partial charge < -0.3 is 11.1 Å². The molecule has 0 spiro atoms. The predicted octanol–water partition coefficient (Wildman–Crippen LogP) is -0.528. The van der Waals surface area contributed by atoms with Crippen molar-refractivity contribution in [1.29, 1.82) is 0 Å². The van der Waals surface area contributed by atoms with E-state index in [0.29, 0.717) is 5.69 Å². The molecule has 1 saturated heterocycles. The van der Waals surface area contributed by atoms with Crippen LogP contribution in [0.25, 0.3) is 0 Å². The minimum absolute atomic E-state index is 0.384. The number of aromatic nitrogens is 2. The largest absolute Gasteiger partial charge is 0.368 e. The van der Waals surface area contributed by atoms with Crippen LogP contribution in [0.4, 0.5) is 0 Å². The number of carbonyl (C=O) groups is 1. The molecule has 3 N–H and O–H groups in total. The number of rotatable bonds is 3. The lowest BCUT2D eigenvalue weighted by Crippen LogP contribution is -2.54. The Morgan fingerprint density at radius 3 is 2.94 bits per heavy atom. The molecule has 0 saturated carbocycles. The molecule has 18 heavy (non-hydrogen) atoms. The molecular weight excluding hydrogens is 230 g/mol. The van der Waals surface area contributed by atoms with Crippen LogP contribution in [0.1, 0.15) is 19.0 Å². The van der Waals surface area contributed by atoms with E-state index in [1.54, 1.807) is 18.6 Å². The van der Waals surface area contributed by atoms with Crippen LogP contribution in [0.15, 0.2) is 18.6 Å². The average Bonchev–Trinajstić information content (AvgIpc) is 2.67. The molecule has 1 aliphatic rings. The van der Waals surface area contributed by atoms with Crippen LogP contribution in [0.2, 0.25) is 0 Å². The summed E-state index contributed by atoms with van der Waals surface area (Å²) in [5.41, 5.74) is 5.34. The van der Waals surface area contributed by atoms with Crippen LogP contribution in [-0.2, 0) is 10.3 Å². The van der Waals surface area contributed by atoms with Crippen LogP contribution in [-0.4, -0.2) is 47.0 Å². The highest BCUT2D eigenvalue weighted by atomic mass is 16.1. The first kappa shape index (κ1) is 12.9. The monoisotopic (exact) mass is 249 g/mol. The molecule has 2 rings (SSSR count). The van der Waals surface area contributed by atoms with Gasteiger partial charge in [0.2, 0.25) is 5.91 Å². The number of amides is 1. The standard InChI is InChI=1S/C12H19N5O/c1-12(11(13)18,10-9-15-4-5-16-10)17-7-2-3-14-6-8-17/h4-5,9,14H,2-3,6-8H2,1H3,(H2,13,18). The van der Waals surface area contributed by atoms with E-state index in [0.717, 1.165) is 32.6 Å². The molecule has 6 heteroatoms. The molecule has 1 aromatic heterocycles. The van der Waals surface area contributed by atoms with Crippen molar-refractivity contribution in [3.63, 3.8) is 0 Å². The van der Waals surface area contributed by atoms with Gasteiger partial charge in [-0.25, -0.2) is 0 Å². The van der Waals surface area contributed by atoms with Gasteiger partial charge in [0, 0.05) is 32.0 Å². The highest BCUT2D eigenvalue weighted by molar-refractivity contribution is 5.85. The number of carbonyl (C=O) groups excluding carboxylic acids is 1. The van der Waals surface area contributed by atoms with Crippen LogP contribution in [0.3, 0.4) is 0 Å². The molecule has 2 heterocycles. The summed E-state index contributed by atoms with van der Waals surface area (Å²) >= 11 is 0. The number of nitrogens with one attached hydrogen (secondary N) is 1. The summed E-state index contributed by atoms with van der Waals surface area (Å²) in [6.07, 6.45) is 5.79. The van der Waals surface area contributed by atoms with E-state index in [-0.39, 0.29) is 5.91 Å². The molecule has 1 amide bonds. The molecule has 0 bridgehead atoms. The zero-order chi connectivity index (χ0) is 13.0. The highest BCUT2D eigenvalue weighted by Gasteiger charge is 2.41. The Balaban J connectivity index is 2.34. The van der Waals surface area contributed by atoms with Gasteiger partial charge in [-0.1, -0.05) is 0 Å². The van der Waals surface area contributed by atoms with E-state index in [1.807, 2.05) is 6.92 Å². The van der Waals surface area contributed by atoms with E-state index in [4.69, 9.17) is 5.73 Å². The van der Waals surface area contributed by atoms with Crippen molar-refractivity contribution in [3.05, 3.63) is 24.3 Å². The molecule has 1 unspecified atom stereocenters. The first-order valence-corrected chi connectivity index (χ1v) is 6.18. The molecule has 1 aliphatic heterocycles. The Morgan fingerprint density at radius 1 is 1.44 bits per heavy atom. The summed E-state index contributed by atoms with van der Waals surface area (Å²) in [6, 6.07) is 0. The Morgan fingerprint density at radius 2 is 2.28 bits per heavy atom. The topological polar surface area (TPSA) is 84.1 Å². The van der Waals surface area contributed by atoms with E-state index in [9.17, 15) is 4.79 Å². The minimum Gasteiger partial charge on any atom is -0.368 e. The fourth-order valence-electron chi connectivity index (χ4n) is 2.29. The molecule has 0 aromatic carbocycles. The SMILES string of the molecule is CC(C(N)=O)(c1cnccn1)N1CCCNCC1. The first-order chi connectivity index (χ1) is 8.65. The maximum atomic E-state index is 11.9. The number of nitrogens with two attached hydrogens (primary N) is 1. The zero-order valence-electron chi connectivity index (χ0n) is 10.6. The lowest BCUT2D eigenvalue weighted by Gasteiger charge is -2.37. The van der Waals surface area contributed by atoms with Gasteiger partial charge in [-0.3, -0.25) is 19.7 Å². The second kappa shape index (κ2) is 5.41. The summed E-state index contributed by atoms with van der Waals surface area (Å²) in [5, 5.41) is 3.31. The number of nitrogens with zero attached hydrogens (tertiary/aromatic N) is 3. The number of hydrogen-bond acceptors (Lipinski definition) is 5. The summed E-state index contributed by atoms with van der Waals surface area (Å²) < 4.78 is 0. The van der Waals surface area contributed by atoms with Crippen molar-refractivity contribution in [2.24, 2.45) is 5.73 Å². The normalized spacial score (nSPS) is 20.9. The summed E-state index contributed by atoms with van der Waals surface area (Å²) in [6.45, 7) is 5.23. The minimum atomic E-state index is -0.889. The van der Waals surface area contributed by atoms with Crippen LogP contribution in [0.5, 0.6) is 0 Å². The van der Waals surface area contributed by atoms with Gasteiger partial charge >= 0.3 is 0 Å². The van der Waals surface area contributed by atoms with Crippen molar-refractivity contribution in [2.75, 3.05) is 26.2 Å². The zero-order valence-corrected chi connectivity index (χ0v) is 10.6. The molecule has 98 valence electrons. The lowest BCUT2D eigenvalue weighted by atomic mass is 9.94. The maximum Gasteiger partial charge on any atom is 0.243 e. The van der Waals surface area contributed by atoms with Gasteiger partial charge in [0.05, 0.1) is 11.9 Å². The second-order valence-electron chi connectivity index (χ2n) is 4.62. The summed E-state index contributed by atoms with van der Waals surface area (Å²) in [5.74, 6) is -0.384. The van der Waals surface area contributed by atoms with Gasteiger partial charge in [0.15, 0.2) is 0 Å². The third-order valence-electron chi connectivity index (χ3n) is 3.51. The number of hydrogen-bond donors (Lipinski definition) is 2. The Kier molecular flexibility index (Phi) is 3.88. The lowest BCUT2D eigenvalue weighted by molar-refractivity contribution is -0.130. The van der Waals surface area contributed by atoms with Crippen molar-refractivity contribution >= 4 is 5.91 Å². The Bertz CT molecular complexity index is 402. The van der Waals surface area contributed by atoms with Crippen molar-refractivity contribution in [1.82, 2.24) is 20.2 Å². The Labute approximate surface area is 107 Å². The maximum absolute atomic E-state index is 11.9. The quantitative estimate of drug-likeness (QED) is 0.752.